The van der Waals surface area contributed by atoms with Crippen molar-refractivity contribution in [3.63, 3.8) is 0 Å². The third-order valence-electron chi connectivity index (χ3n) is 3.79. The predicted molar refractivity (Wildman–Crippen MR) is 74.1 cm³/mol. The van der Waals surface area contributed by atoms with Crippen molar-refractivity contribution in [1.82, 2.24) is 0 Å². The van der Waals surface area contributed by atoms with Crippen LogP contribution in [-0.4, -0.2) is 23.3 Å². The molecule has 1 saturated carbocycles. The topological polar surface area (TPSA) is 46.5 Å². The number of ether oxygens (including phenoxy) is 1. The van der Waals surface area contributed by atoms with Gasteiger partial charge in [-0.2, -0.15) is 0 Å². The highest BCUT2D eigenvalue weighted by atomic mass is 16.6. The summed E-state index contributed by atoms with van der Waals surface area (Å²) >= 11 is 0. The molecule has 0 aliphatic heterocycles. The fourth-order valence-electron chi connectivity index (χ4n) is 2.57. The van der Waals surface area contributed by atoms with E-state index in [9.17, 15) is 9.90 Å². The van der Waals surface area contributed by atoms with Gasteiger partial charge in [0.25, 0.3) is 0 Å². The van der Waals surface area contributed by atoms with E-state index in [-0.39, 0.29) is 12.1 Å². The van der Waals surface area contributed by atoms with E-state index < -0.39 is 6.10 Å². The largest absolute Gasteiger partial charge is 0.456 e. The van der Waals surface area contributed by atoms with E-state index in [1.165, 1.54) is 0 Å². The number of hydrogen-bond donors (Lipinski definition) is 1. The SMILES string of the molecule is Cc1ccccc1C(=O)O[C@H]1CCCCCC[C@H]1O. The number of aliphatic hydroxyl groups excluding tert-OH is 1. The molecule has 0 bridgehead atoms. The predicted octanol–water partition coefficient (Wildman–Crippen LogP) is 3.24. The van der Waals surface area contributed by atoms with E-state index in [2.05, 4.69) is 0 Å². The molecule has 0 saturated heterocycles. The van der Waals surface area contributed by atoms with E-state index >= 15 is 0 Å². The second-order valence-electron chi connectivity index (χ2n) is 5.32. The first kappa shape index (κ1) is 14.1. The number of rotatable bonds is 2. The molecule has 1 fully saturated rings. The lowest BCUT2D eigenvalue weighted by Crippen LogP contribution is -2.32. The first-order chi connectivity index (χ1) is 9.18. The fraction of sp³-hybridized carbons (Fsp3) is 0.562. The monoisotopic (exact) mass is 262 g/mol. The zero-order valence-corrected chi connectivity index (χ0v) is 11.5. The van der Waals surface area contributed by atoms with Crippen LogP contribution in [0.15, 0.2) is 24.3 Å². The van der Waals surface area contributed by atoms with Gasteiger partial charge in [0.2, 0.25) is 0 Å². The highest BCUT2D eigenvalue weighted by molar-refractivity contribution is 5.91. The second kappa shape index (κ2) is 6.71. The van der Waals surface area contributed by atoms with Gasteiger partial charge in [-0.15, -0.1) is 0 Å². The van der Waals surface area contributed by atoms with Crippen LogP contribution in [0.5, 0.6) is 0 Å². The average molecular weight is 262 g/mol. The average Bonchev–Trinajstić information content (AvgIpc) is 2.39. The Morgan fingerprint density at radius 1 is 1.16 bits per heavy atom. The number of hydrogen-bond acceptors (Lipinski definition) is 3. The van der Waals surface area contributed by atoms with Crippen molar-refractivity contribution in [3.05, 3.63) is 35.4 Å². The molecule has 1 aliphatic carbocycles. The Labute approximate surface area is 114 Å². The standard InChI is InChI=1S/C16H22O3/c1-12-8-6-7-9-13(12)16(18)19-15-11-5-3-2-4-10-14(15)17/h6-9,14-15,17H,2-5,10-11H2,1H3/t14-,15+/m1/s1. The number of esters is 1. The Bertz CT molecular complexity index is 428. The normalized spacial score (nSPS) is 24.3. The van der Waals surface area contributed by atoms with Gasteiger partial charge in [0, 0.05) is 0 Å². The van der Waals surface area contributed by atoms with Crippen molar-refractivity contribution in [2.75, 3.05) is 0 Å². The van der Waals surface area contributed by atoms with Crippen molar-refractivity contribution in [2.45, 2.75) is 57.7 Å². The van der Waals surface area contributed by atoms with Gasteiger partial charge in [-0.25, -0.2) is 4.79 Å². The summed E-state index contributed by atoms with van der Waals surface area (Å²) in [5, 5.41) is 10.1. The van der Waals surface area contributed by atoms with Crippen molar-refractivity contribution >= 4 is 5.97 Å². The maximum atomic E-state index is 12.1. The van der Waals surface area contributed by atoms with Gasteiger partial charge in [-0.1, -0.05) is 37.5 Å². The molecule has 104 valence electrons. The maximum absolute atomic E-state index is 12.1. The summed E-state index contributed by atoms with van der Waals surface area (Å²) in [6.07, 6.45) is 4.97. The molecule has 2 atom stereocenters. The lowest BCUT2D eigenvalue weighted by atomic mass is 9.96. The molecule has 0 heterocycles. The van der Waals surface area contributed by atoms with Crippen LogP contribution in [0.3, 0.4) is 0 Å². The molecule has 0 unspecified atom stereocenters. The van der Waals surface area contributed by atoms with Crippen LogP contribution in [0.4, 0.5) is 0 Å². The van der Waals surface area contributed by atoms with Crippen LogP contribution in [0, 0.1) is 6.92 Å². The van der Waals surface area contributed by atoms with Gasteiger partial charge < -0.3 is 9.84 Å². The van der Waals surface area contributed by atoms with E-state index in [1.807, 2.05) is 25.1 Å². The van der Waals surface area contributed by atoms with Crippen molar-refractivity contribution in [3.8, 4) is 0 Å². The Hall–Kier alpha value is -1.35. The number of aliphatic hydroxyl groups is 1. The van der Waals surface area contributed by atoms with Crippen LogP contribution >= 0.6 is 0 Å². The fourth-order valence-corrected chi connectivity index (χ4v) is 2.57. The van der Waals surface area contributed by atoms with Crippen LogP contribution in [-0.2, 0) is 4.74 Å². The third-order valence-corrected chi connectivity index (χ3v) is 3.79. The molecule has 0 spiro atoms. The summed E-state index contributed by atoms with van der Waals surface area (Å²) < 4.78 is 5.52. The highest BCUT2D eigenvalue weighted by Crippen LogP contribution is 2.21. The van der Waals surface area contributed by atoms with E-state index in [0.717, 1.165) is 44.1 Å². The van der Waals surface area contributed by atoms with Crippen LogP contribution < -0.4 is 0 Å². The van der Waals surface area contributed by atoms with Gasteiger partial charge >= 0.3 is 5.97 Å². The minimum Gasteiger partial charge on any atom is -0.456 e. The Morgan fingerprint density at radius 3 is 2.58 bits per heavy atom. The Morgan fingerprint density at radius 2 is 1.84 bits per heavy atom. The summed E-state index contributed by atoms with van der Waals surface area (Å²) in [5.41, 5.74) is 1.50. The summed E-state index contributed by atoms with van der Waals surface area (Å²) in [6, 6.07) is 7.40. The molecule has 1 aliphatic rings. The molecule has 3 heteroatoms. The Kier molecular flexibility index (Phi) is 4.97. The summed E-state index contributed by atoms with van der Waals surface area (Å²) in [4.78, 5) is 12.1. The number of carbonyl (C=O) groups excluding carboxylic acids is 1. The molecular formula is C16H22O3. The van der Waals surface area contributed by atoms with Crippen LogP contribution in [0.2, 0.25) is 0 Å². The zero-order chi connectivity index (χ0) is 13.7. The molecule has 1 aromatic rings. The minimum atomic E-state index is -0.520. The molecule has 3 nitrogen and oxygen atoms in total. The first-order valence-corrected chi connectivity index (χ1v) is 7.13. The third kappa shape index (κ3) is 3.80. The van der Waals surface area contributed by atoms with Gasteiger partial charge in [-0.05, 0) is 37.8 Å². The van der Waals surface area contributed by atoms with E-state index in [0.29, 0.717) is 5.56 Å². The van der Waals surface area contributed by atoms with Crippen molar-refractivity contribution in [1.29, 1.82) is 0 Å². The highest BCUT2D eigenvalue weighted by Gasteiger charge is 2.25. The summed E-state index contributed by atoms with van der Waals surface area (Å²) in [6.45, 7) is 1.89. The molecule has 1 N–H and O–H groups in total. The second-order valence-corrected chi connectivity index (χ2v) is 5.32. The molecule has 0 aromatic heterocycles. The first-order valence-electron chi connectivity index (χ1n) is 7.13. The minimum absolute atomic E-state index is 0.317. The molecule has 19 heavy (non-hydrogen) atoms. The number of carbonyl (C=O) groups is 1. The number of aryl methyl sites for hydroxylation is 1. The Balaban J connectivity index is 2.02. The lowest BCUT2D eigenvalue weighted by molar-refractivity contribution is -0.0283. The van der Waals surface area contributed by atoms with Crippen LogP contribution in [0.25, 0.3) is 0 Å². The quantitative estimate of drug-likeness (QED) is 0.832. The van der Waals surface area contributed by atoms with Gasteiger partial charge in [0.1, 0.15) is 6.10 Å². The molecule has 2 rings (SSSR count). The smallest absolute Gasteiger partial charge is 0.338 e. The molecular weight excluding hydrogens is 240 g/mol. The van der Waals surface area contributed by atoms with Crippen molar-refractivity contribution < 1.29 is 14.6 Å². The lowest BCUT2D eigenvalue weighted by Gasteiger charge is -2.25. The number of benzene rings is 1. The summed E-state index contributed by atoms with van der Waals surface area (Å²) in [5.74, 6) is -0.317. The van der Waals surface area contributed by atoms with Crippen molar-refractivity contribution in [2.24, 2.45) is 0 Å². The van der Waals surface area contributed by atoms with Crippen LogP contribution in [0.1, 0.15) is 54.4 Å². The van der Waals surface area contributed by atoms with E-state index in [1.54, 1.807) is 6.07 Å². The maximum Gasteiger partial charge on any atom is 0.338 e. The summed E-state index contributed by atoms with van der Waals surface area (Å²) in [7, 11) is 0. The zero-order valence-electron chi connectivity index (χ0n) is 11.5. The molecule has 0 radical (unpaired) electrons. The molecule has 0 amide bonds. The van der Waals surface area contributed by atoms with Gasteiger partial charge in [0.15, 0.2) is 0 Å². The van der Waals surface area contributed by atoms with E-state index in [4.69, 9.17) is 4.74 Å². The van der Waals surface area contributed by atoms with Gasteiger partial charge in [0.05, 0.1) is 11.7 Å². The van der Waals surface area contributed by atoms with Gasteiger partial charge in [-0.3, -0.25) is 0 Å². The molecule has 1 aromatic carbocycles.